The zero-order valence-corrected chi connectivity index (χ0v) is 17.0. The first-order valence-electron chi connectivity index (χ1n) is 8.93. The molecule has 1 heterocycles. The summed E-state index contributed by atoms with van der Waals surface area (Å²) in [6, 6.07) is 0. The van der Waals surface area contributed by atoms with Crippen molar-refractivity contribution in [2.45, 2.75) is 72.2 Å². The third-order valence-corrected chi connectivity index (χ3v) is 3.54. The Morgan fingerprint density at radius 1 is 0.786 bits per heavy atom. The minimum absolute atomic E-state index is 0.131. The van der Waals surface area contributed by atoms with Gasteiger partial charge in [0, 0.05) is 27.7 Å². The molecule has 10 nitrogen and oxygen atoms in total. The van der Waals surface area contributed by atoms with E-state index in [9.17, 15) is 19.2 Å². The van der Waals surface area contributed by atoms with Crippen molar-refractivity contribution in [1.29, 1.82) is 0 Å². The fraction of sp³-hybridized carbons (Fsp3) is 0.778. The lowest BCUT2D eigenvalue weighted by atomic mass is 9.98. The van der Waals surface area contributed by atoms with Crippen molar-refractivity contribution in [2.75, 3.05) is 13.2 Å². The average molecular weight is 404 g/mol. The van der Waals surface area contributed by atoms with Gasteiger partial charge in [0.1, 0.15) is 12.7 Å². The summed E-state index contributed by atoms with van der Waals surface area (Å²) in [4.78, 5) is 46.0. The minimum atomic E-state index is -1.21. The van der Waals surface area contributed by atoms with Crippen LogP contribution < -0.4 is 0 Å². The van der Waals surface area contributed by atoms with Crippen molar-refractivity contribution < 1.29 is 47.6 Å². The molecule has 0 spiro atoms. The summed E-state index contributed by atoms with van der Waals surface area (Å²) in [6.07, 6.45) is -5.69. The van der Waals surface area contributed by atoms with E-state index < -0.39 is 54.6 Å². The minimum Gasteiger partial charge on any atom is -0.463 e. The second kappa shape index (κ2) is 11.0. The van der Waals surface area contributed by atoms with E-state index in [0.717, 1.165) is 13.8 Å². The van der Waals surface area contributed by atoms with Crippen LogP contribution in [-0.2, 0) is 47.6 Å². The van der Waals surface area contributed by atoms with E-state index in [1.807, 2.05) is 13.8 Å². The van der Waals surface area contributed by atoms with Crippen molar-refractivity contribution in [1.82, 2.24) is 0 Å². The zero-order valence-electron chi connectivity index (χ0n) is 17.0. The fourth-order valence-electron chi connectivity index (χ4n) is 2.61. The number of hydrogen-bond donors (Lipinski definition) is 0. The lowest BCUT2D eigenvalue weighted by Gasteiger charge is -2.44. The van der Waals surface area contributed by atoms with Crippen molar-refractivity contribution >= 4 is 23.9 Å². The van der Waals surface area contributed by atoms with Gasteiger partial charge in [-0.1, -0.05) is 13.8 Å². The Hall–Kier alpha value is -2.20. The van der Waals surface area contributed by atoms with Crippen molar-refractivity contribution in [2.24, 2.45) is 5.92 Å². The van der Waals surface area contributed by atoms with Gasteiger partial charge in [0.05, 0.1) is 6.61 Å². The van der Waals surface area contributed by atoms with E-state index in [2.05, 4.69) is 0 Å². The summed E-state index contributed by atoms with van der Waals surface area (Å²) in [7, 11) is 0. The average Bonchev–Trinajstić information content (AvgIpc) is 2.54. The lowest BCUT2D eigenvalue weighted by molar-refractivity contribution is -0.309. The molecule has 0 radical (unpaired) electrons. The number of rotatable bonds is 8. The molecule has 10 heteroatoms. The Morgan fingerprint density at radius 3 is 1.75 bits per heavy atom. The van der Waals surface area contributed by atoms with Gasteiger partial charge in [0.25, 0.3) is 0 Å². The molecule has 1 saturated heterocycles. The molecule has 0 aromatic heterocycles. The van der Waals surface area contributed by atoms with Gasteiger partial charge in [-0.25, -0.2) is 0 Å². The molecule has 0 aliphatic carbocycles. The molecule has 5 atom stereocenters. The lowest BCUT2D eigenvalue weighted by Crippen LogP contribution is -2.63. The maximum absolute atomic E-state index is 11.7. The van der Waals surface area contributed by atoms with Gasteiger partial charge in [0.2, 0.25) is 0 Å². The van der Waals surface area contributed by atoms with Crippen LogP contribution in [0.3, 0.4) is 0 Å². The van der Waals surface area contributed by atoms with E-state index in [0.29, 0.717) is 0 Å². The molecule has 0 bridgehead atoms. The van der Waals surface area contributed by atoms with Gasteiger partial charge >= 0.3 is 23.9 Å². The first-order chi connectivity index (χ1) is 13.0. The number of carbonyl (C=O) groups is 4. The second-order valence-corrected chi connectivity index (χ2v) is 6.79. The molecular formula is C18H28O10. The van der Waals surface area contributed by atoms with Crippen LogP contribution >= 0.6 is 0 Å². The molecule has 1 aliphatic heterocycles. The van der Waals surface area contributed by atoms with E-state index in [1.54, 1.807) is 0 Å². The van der Waals surface area contributed by atoms with E-state index >= 15 is 0 Å². The molecule has 0 N–H and O–H groups in total. The number of hydrogen-bond acceptors (Lipinski definition) is 10. The third-order valence-electron chi connectivity index (χ3n) is 3.54. The predicted molar refractivity (Wildman–Crippen MR) is 92.7 cm³/mol. The highest BCUT2D eigenvalue weighted by Gasteiger charge is 2.52. The smallest absolute Gasteiger partial charge is 0.303 e. The molecule has 0 aromatic carbocycles. The molecule has 1 rings (SSSR count). The predicted octanol–water partition coefficient (Wildman–Crippen LogP) is 0.742. The van der Waals surface area contributed by atoms with Crippen molar-refractivity contribution in [3.8, 4) is 0 Å². The standard InChI is InChI=1S/C18H28O10/c1-9(2)7-24-18-17(27-13(6)22)16(26-12(5)21)15(25-11(4)20)14(28-18)8-23-10(3)19/h9,14-18H,7-8H2,1-6H3/t14-,15+,16+,17-,18-/m1/s1. The van der Waals surface area contributed by atoms with Gasteiger partial charge in [-0.3, -0.25) is 19.2 Å². The van der Waals surface area contributed by atoms with Crippen LogP contribution in [0.4, 0.5) is 0 Å². The Labute approximate surface area is 163 Å². The second-order valence-electron chi connectivity index (χ2n) is 6.79. The molecule has 0 aromatic rings. The summed E-state index contributed by atoms with van der Waals surface area (Å²) in [6.45, 7) is 8.51. The van der Waals surface area contributed by atoms with Gasteiger partial charge in [-0.15, -0.1) is 0 Å². The van der Waals surface area contributed by atoms with Gasteiger partial charge in [-0.2, -0.15) is 0 Å². The van der Waals surface area contributed by atoms with Crippen LogP contribution in [0.2, 0.25) is 0 Å². The van der Waals surface area contributed by atoms with Gasteiger partial charge in [-0.05, 0) is 5.92 Å². The number of ether oxygens (including phenoxy) is 6. The Kier molecular flexibility index (Phi) is 9.33. The van der Waals surface area contributed by atoms with Crippen molar-refractivity contribution in [3.05, 3.63) is 0 Å². The normalized spacial score (nSPS) is 27.0. The molecular weight excluding hydrogens is 376 g/mol. The Balaban J connectivity index is 3.24. The number of carbonyl (C=O) groups excluding carboxylic acids is 4. The number of esters is 4. The quantitative estimate of drug-likeness (QED) is 0.423. The van der Waals surface area contributed by atoms with E-state index in [-0.39, 0.29) is 19.1 Å². The van der Waals surface area contributed by atoms with Crippen LogP contribution in [0.15, 0.2) is 0 Å². The maximum atomic E-state index is 11.7. The highest BCUT2D eigenvalue weighted by atomic mass is 16.7. The summed E-state index contributed by atoms with van der Waals surface area (Å²) >= 11 is 0. The molecule has 0 unspecified atom stereocenters. The zero-order chi connectivity index (χ0) is 21.4. The SMILES string of the molecule is CC(=O)OC[C@H]1O[C@@H](OCC(C)C)[C@H](OC(C)=O)[C@@H](OC(C)=O)[C@H]1OC(C)=O. The monoisotopic (exact) mass is 404 g/mol. The molecule has 28 heavy (non-hydrogen) atoms. The van der Waals surface area contributed by atoms with Crippen LogP contribution in [0.25, 0.3) is 0 Å². The summed E-state index contributed by atoms with van der Waals surface area (Å²) in [5.41, 5.74) is 0. The van der Waals surface area contributed by atoms with Crippen molar-refractivity contribution in [3.63, 3.8) is 0 Å². The maximum Gasteiger partial charge on any atom is 0.303 e. The van der Waals surface area contributed by atoms with Crippen LogP contribution in [-0.4, -0.2) is 67.8 Å². The largest absolute Gasteiger partial charge is 0.463 e. The molecule has 1 fully saturated rings. The van der Waals surface area contributed by atoms with Crippen LogP contribution in [0.5, 0.6) is 0 Å². The molecule has 1 aliphatic rings. The van der Waals surface area contributed by atoms with Crippen LogP contribution in [0, 0.1) is 5.92 Å². The Bertz CT molecular complexity index is 573. The third kappa shape index (κ3) is 7.81. The van der Waals surface area contributed by atoms with Crippen LogP contribution in [0.1, 0.15) is 41.5 Å². The molecule has 0 amide bonds. The molecule has 160 valence electrons. The summed E-state index contributed by atoms with van der Waals surface area (Å²) in [5, 5.41) is 0. The van der Waals surface area contributed by atoms with E-state index in [1.165, 1.54) is 13.8 Å². The fourth-order valence-corrected chi connectivity index (χ4v) is 2.61. The highest BCUT2D eigenvalue weighted by molar-refractivity contribution is 5.68. The molecule has 0 saturated carbocycles. The van der Waals surface area contributed by atoms with E-state index in [4.69, 9.17) is 28.4 Å². The Morgan fingerprint density at radius 2 is 1.29 bits per heavy atom. The first-order valence-corrected chi connectivity index (χ1v) is 8.93. The summed E-state index contributed by atoms with van der Waals surface area (Å²) < 4.78 is 32.3. The highest BCUT2D eigenvalue weighted by Crippen LogP contribution is 2.30. The first kappa shape index (κ1) is 23.8. The summed E-state index contributed by atoms with van der Waals surface area (Å²) in [5.74, 6) is -2.47. The van der Waals surface area contributed by atoms with Gasteiger partial charge < -0.3 is 28.4 Å². The topological polar surface area (TPSA) is 124 Å². The van der Waals surface area contributed by atoms with Gasteiger partial charge in [0.15, 0.2) is 24.6 Å².